The van der Waals surface area contributed by atoms with E-state index in [2.05, 4.69) is 0 Å². The van der Waals surface area contributed by atoms with Gasteiger partial charge in [-0.3, -0.25) is 9.59 Å². The maximum Gasteiger partial charge on any atom is 0.138 e. The average Bonchev–Trinajstić information content (AvgIpc) is 2.50. The van der Waals surface area contributed by atoms with Crippen LogP contribution in [0.1, 0.15) is 45.4 Å². The van der Waals surface area contributed by atoms with E-state index < -0.39 is 0 Å². The lowest BCUT2D eigenvalue weighted by Gasteiger charge is -2.50. The molecule has 0 unspecified atom stereocenters. The van der Waals surface area contributed by atoms with Crippen LogP contribution in [-0.4, -0.2) is 16.9 Å². The molecule has 0 heterocycles. The van der Waals surface area contributed by atoms with E-state index in [-0.39, 0.29) is 34.2 Å². The van der Waals surface area contributed by atoms with Gasteiger partial charge in [-0.25, -0.2) is 0 Å². The fraction of sp³-hybridized carbons (Fsp3) is 0.857. The van der Waals surface area contributed by atoms with E-state index in [9.17, 15) is 9.59 Å². The Balaban J connectivity index is 2.07. The van der Waals surface area contributed by atoms with Crippen molar-refractivity contribution >= 4 is 23.2 Å². The molecule has 3 saturated carbocycles. The SMILES string of the molecule is CC(=O)[C@H]1[C@H]2C(=O)C[C@@]13CCCC[C@@H]3C[C@@H]2Cl. The predicted molar refractivity (Wildman–Crippen MR) is 65.9 cm³/mol. The topological polar surface area (TPSA) is 34.1 Å². The Bertz CT molecular complexity index is 378. The Morgan fingerprint density at radius 2 is 2.18 bits per heavy atom. The highest BCUT2D eigenvalue weighted by Gasteiger charge is 2.63. The van der Waals surface area contributed by atoms with E-state index in [1.807, 2.05) is 0 Å². The summed E-state index contributed by atoms with van der Waals surface area (Å²) in [7, 11) is 0. The predicted octanol–water partition coefficient (Wildman–Crippen LogP) is 2.97. The number of halogens is 1. The van der Waals surface area contributed by atoms with Gasteiger partial charge >= 0.3 is 0 Å². The number of carbonyl (C=O) groups is 2. The third-order valence-corrected chi connectivity index (χ3v) is 5.90. The lowest BCUT2D eigenvalue weighted by Crippen LogP contribution is -2.48. The third kappa shape index (κ3) is 1.46. The van der Waals surface area contributed by atoms with Gasteiger partial charge in [-0.15, -0.1) is 11.6 Å². The van der Waals surface area contributed by atoms with E-state index in [0.29, 0.717) is 12.3 Å². The van der Waals surface area contributed by atoms with Crippen molar-refractivity contribution in [1.82, 2.24) is 0 Å². The monoisotopic (exact) mass is 254 g/mol. The third-order valence-electron chi connectivity index (χ3n) is 5.45. The largest absolute Gasteiger partial charge is 0.300 e. The molecule has 0 aromatic carbocycles. The minimum Gasteiger partial charge on any atom is -0.300 e. The Kier molecular flexibility index (Phi) is 2.62. The Labute approximate surface area is 107 Å². The van der Waals surface area contributed by atoms with Crippen molar-refractivity contribution in [2.75, 3.05) is 0 Å². The van der Waals surface area contributed by atoms with Crippen molar-refractivity contribution in [3.63, 3.8) is 0 Å². The molecule has 3 heteroatoms. The smallest absolute Gasteiger partial charge is 0.138 e. The maximum absolute atomic E-state index is 12.2. The van der Waals surface area contributed by atoms with Crippen molar-refractivity contribution in [1.29, 1.82) is 0 Å². The molecule has 1 spiro atoms. The second-order valence-electron chi connectivity index (χ2n) is 6.18. The van der Waals surface area contributed by atoms with Crippen LogP contribution < -0.4 is 0 Å². The molecule has 3 fully saturated rings. The summed E-state index contributed by atoms with van der Waals surface area (Å²) in [6, 6.07) is 0. The van der Waals surface area contributed by atoms with E-state index in [1.165, 1.54) is 12.8 Å². The number of hydrogen-bond acceptors (Lipinski definition) is 2. The zero-order valence-corrected chi connectivity index (χ0v) is 11.0. The molecule has 3 rings (SSSR count). The molecule has 0 radical (unpaired) electrons. The lowest BCUT2D eigenvalue weighted by molar-refractivity contribution is -0.132. The summed E-state index contributed by atoms with van der Waals surface area (Å²) < 4.78 is 0. The molecular formula is C14H19ClO2. The van der Waals surface area contributed by atoms with Gasteiger partial charge in [0.05, 0.1) is 0 Å². The van der Waals surface area contributed by atoms with E-state index in [1.54, 1.807) is 6.92 Å². The molecule has 17 heavy (non-hydrogen) atoms. The molecule has 0 N–H and O–H groups in total. The fourth-order valence-corrected chi connectivity index (χ4v) is 5.41. The summed E-state index contributed by atoms with van der Waals surface area (Å²) in [6.07, 6.45) is 6.20. The van der Waals surface area contributed by atoms with Crippen LogP contribution in [0.5, 0.6) is 0 Å². The van der Waals surface area contributed by atoms with Crippen LogP contribution in [0.15, 0.2) is 0 Å². The highest BCUT2D eigenvalue weighted by Crippen LogP contribution is 2.63. The van der Waals surface area contributed by atoms with Crippen molar-refractivity contribution in [3.05, 3.63) is 0 Å². The van der Waals surface area contributed by atoms with Gasteiger partial charge in [0.2, 0.25) is 0 Å². The summed E-state index contributed by atoms with van der Waals surface area (Å²) >= 11 is 6.39. The fourth-order valence-electron chi connectivity index (χ4n) is 4.91. The van der Waals surface area contributed by atoms with Gasteiger partial charge in [0.25, 0.3) is 0 Å². The molecule has 94 valence electrons. The van der Waals surface area contributed by atoms with Crippen LogP contribution in [0.25, 0.3) is 0 Å². The molecule has 0 aromatic rings. The minimum atomic E-state index is -0.177. The standard InChI is InChI=1S/C14H19ClO2/c1-8(16)13-12-10(15)6-9-4-2-3-5-14(9,13)7-11(12)17/h9-10,12-13H,2-7H2,1H3/t9-,10+,12-,13+,14-/m1/s1. The van der Waals surface area contributed by atoms with Gasteiger partial charge in [-0.2, -0.15) is 0 Å². The highest BCUT2D eigenvalue weighted by atomic mass is 35.5. The first kappa shape index (κ1) is 11.7. The van der Waals surface area contributed by atoms with E-state index in [4.69, 9.17) is 11.6 Å². The van der Waals surface area contributed by atoms with Crippen molar-refractivity contribution in [2.45, 2.75) is 50.8 Å². The highest BCUT2D eigenvalue weighted by molar-refractivity contribution is 6.23. The normalized spacial score (nSPS) is 48.9. The second-order valence-corrected chi connectivity index (χ2v) is 6.75. The van der Waals surface area contributed by atoms with Gasteiger partial charge < -0.3 is 0 Å². The van der Waals surface area contributed by atoms with Gasteiger partial charge in [0.15, 0.2) is 0 Å². The molecule has 2 bridgehead atoms. The summed E-state index contributed by atoms with van der Waals surface area (Å²) in [5, 5.41) is -0.102. The summed E-state index contributed by atoms with van der Waals surface area (Å²) in [5.74, 6) is 0.711. The van der Waals surface area contributed by atoms with Crippen LogP contribution >= 0.6 is 11.6 Å². The molecule has 3 aliphatic carbocycles. The molecule has 0 aromatic heterocycles. The van der Waals surface area contributed by atoms with Crippen LogP contribution in [0.3, 0.4) is 0 Å². The zero-order chi connectivity index (χ0) is 12.2. The Morgan fingerprint density at radius 3 is 2.88 bits per heavy atom. The number of Topliss-reactive ketones (excluding diaryl/α,β-unsaturated/α-hetero) is 2. The van der Waals surface area contributed by atoms with Gasteiger partial charge in [-0.05, 0) is 37.5 Å². The summed E-state index contributed by atoms with van der Waals surface area (Å²) in [6.45, 7) is 1.65. The van der Waals surface area contributed by atoms with Crippen LogP contribution in [0.4, 0.5) is 0 Å². The maximum atomic E-state index is 12.2. The Hall–Kier alpha value is -0.370. The molecule has 0 aliphatic heterocycles. The van der Waals surface area contributed by atoms with Crippen molar-refractivity contribution in [3.8, 4) is 0 Å². The molecule has 2 nitrogen and oxygen atoms in total. The number of alkyl halides is 1. The van der Waals surface area contributed by atoms with E-state index >= 15 is 0 Å². The quantitative estimate of drug-likeness (QED) is 0.674. The number of carbonyl (C=O) groups excluding carboxylic acids is 2. The first-order valence-electron chi connectivity index (χ1n) is 6.73. The zero-order valence-electron chi connectivity index (χ0n) is 10.2. The molecule has 5 atom stereocenters. The van der Waals surface area contributed by atoms with Crippen LogP contribution in [-0.2, 0) is 9.59 Å². The molecule has 3 aliphatic rings. The van der Waals surface area contributed by atoms with Crippen molar-refractivity contribution < 1.29 is 9.59 Å². The molecule has 0 amide bonds. The van der Waals surface area contributed by atoms with Gasteiger partial charge in [-0.1, -0.05) is 12.8 Å². The first-order valence-corrected chi connectivity index (χ1v) is 7.17. The number of fused-ring (bicyclic) bond motifs is 1. The molecule has 0 saturated heterocycles. The first-order chi connectivity index (χ1) is 8.06. The average molecular weight is 255 g/mol. The molecular weight excluding hydrogens is 236 g/mol. The second kappa shape index (κ2) is 3.81. The number of ketones is 2. The number of rotatable bonds is 1. The van der Waals surface area contributed by atoms with Crippen molar-refractivity contribution in [2.24, 2.45) is 23.2 Å². The van der Waals surface area contributed by atoms with Gasteiger partial charge in [0, 0.05) is 23.6 Å². The number of hydrogen-bond donors (Lipinski definition) is 0. The van der Waals surface area contributed by atoms with Crippen LogP contribution in [0, 0.1) is 23.2 Å². The Morgan fingerprint density at radius 1 is 1.41 bits per heavy atom. The minimum absolute atomic E-state index is 0.00275. The van der Waals surface area contributed by atoms with Crippen LogP contribution in [0.2, 0.25) is 0 Å². The van der Waals surface area contributed by atoms with E-state index in [0.717, 1.165) is 19.3 Å². The summed E-state index contributed by atoms with van der Waals surface area (Å²) in [5.41, 5.74) is -0.00275. The van der Waals surface area contributed by atoms with Gasteiger partial charge in [0.1, 0.15) is 11.6 Å². The lowest BCUT2D eigenvalue weighted by atomic mass is 9.54. The summed E-state index contributed by atoms with van der Waals surface area (Å²) in [4.78, 5) is 24.2.